The predicted octanol–water partition coefficient (Wildman–Crippen LogP) is 34.5. The van der Waals surface area contributed by atoms with Gasteiger partial charge in [-0.15, -0.1) is 0 Å². The molecule has 0 amide bonds. The number of imidazole rings is 2. The summed E-state index contributed by atoms with van der Waals surface area (Å²) in [6.45, 7) is 2.18. The summed E-state index contributed by atoms with van der Waals surface area (Å²) in [4.78, 5) is 10.1. The Labute approximate surface area is 790 Å². The van der Waals surface area contributed by atoms with Crippen LogP contribution in [0.15, 0.2) is 516 Å². The number of fused-ring (bicyclic) bond motifs is 9. The second kappa shape index (κ2) is 35.5. The SMILES string of the molecule is C1=[N+](c2ccc3c(-c4ccc(-c5ccccc5)cc4)c4ccccc4c(-c4ccccc4)c3c2)C(c2ccccc2)c2ccccc21.Cc1ccc2c(-c3ccccc3)c3ccccc3c(-c3ccc(-n4c(-c5ccccc5)nc5ccccc54)cc3)c2c1.c1ccc(-c2ccc3c(-c4ccccc4)c4ccccc4c(-c4ccc(-n5c(-c6ccccc6)nc6ccccc65)cc4)c3c2)cc1. The molecule has 0 fully saturated rings. The fourth-order valence-electron chi connectivity index (χ4n) is 20.9. The number of aryl methyl sites for hydroxylation is 1. The maximum atomic E-state index is 5.06. The highest BCUT2D eigenvalue weighted by Crippen LogP contribution is 2.51. The van der Waals surface area contributed by atoms with Gasteiger partial charge < -0.3 is 0 Å². The highest BCUT2D eigenvalue weighted by atomic mass is 15.1. The molecular weight excluding hydrogens is 1640 g/mol. The van der Waals surface area contributed by atoms with Crippen LogP contribution in [0.1, 0.15) is 28.3 Å². The first-order chi connectivity index (χ1) is 67.4. The molecule has 3 heterocycles. The van der Waals surface area contributed by atoms with E-state index in [9.17, 15) is 0 Å². The van der Waals surface area contributed by atoms with Crippen LogP contribution < -0.4 is 0 Å². The highest BCUT2D eigenvalue weighted by molar-refractivity contribution is 6.25. The maximum Gasteiger partial charge on any atom is 0.210 e. The molecule has 0 bridgehead atoms. The number of hydrogen-bond donors (Lipinski definition) is 0. The van der Waals surface area contributed by atoms with Gasteiger partial charge in [-0.25, -0.2) is 9.97 Å². The van der Waals surface area contributed by atoms with E-state index in [0.717, 1.165) is 56.2 Å². The van der Waals surface area contributed by atoms with Crippen LogP contribution in [0, 0.1) is 6.92 Å². The minimum atomic E-state index is 0.107. The van der Waals surface area contributed by atoms with Crippen molar-refractivity contribution in [1.29, 1.82) is 0 Å². The highest BCUT2D eigenvalue weighted by Gasteiger charge is 2.36. The molecule has 25 aromatic rings. The van der Waals surface area contributed by atoms with Gasteiger partial charge in [0.15, 0.2) is 6.21 Å². The Balaban J connectivity index is 0.000000112. The van der Waals surface area contributed by atoms with Gasteiger partial charge in [0.05, 0.1) is 22.1 Å². The summed E-state index contributed by atoms with van der Waals surface area (Å²) in [7, 11) is 0. The summed E-state index contributed by atoms with van der Waals surface area (Å²) in [6, 6.07) is 186. The summed E-state index contributed by atoms with van der Waals surface area (Å²) in [5, 5.41) is 15.1. The van der Waals surface area contributed by atoms with Crippen LogP contribution in [-0.2, 0) is 0 Å². The lowest BCUT2D eigenvalue weighted by atomic mass is 9.85. The third kappa shape index (κ3) is 15.0. The average molecular weight is 1730 g/mol. The number of aromatic nitrogens is 4. The van der Waals surface area contributed by atoms with Crippen molar-refractivity contribution in [1.82, 2.24) is 19.1 Å². The Hall–Kier alpha value is -17.8. The topological polar surface area (TPSA) is 38.6 Å². The Bertz CT molecular complexity index is 8820. The zero-order valence-electron chi connectivity index (χ0n) is 75.0. The van der Waals surface area contributed by atoms with Crippen molar-refractivity contribution in [2.24, 2.45) is 0 Å². The van der Waals surface area contributed by atoms with Crippen LogP contribution in [0.2, 0.25) is 0 Å². The van der Waals surface area contributed by atoms with E-state index < -0.39 is 0 Å². The van der Waals surface area contributed by atoms with E-state index in [1.54, 1.807) is 0 Å². The molecule has 0 aliphatic carbocycles. The molecule has 136 heavy (non-hydrogen) atoms. The fourth-order valence-corrected chi connectivity index (χ4v) is 20.9. The molecule has 23 aromatic carbocycles. The molecule has 0 spiro atoms. The predicted molar refractivity (Wildman–Crippen MR) is 573 cm³/mol. The van der Waals surface area contributed by atoms with Crippen LogP contribution in [0.3, 0.4) is 0 Å². The van der Waals surface area contributed by atoms with Crippen LogP contribution >= 0.6 is 0 Å². The number of rotatable bonds is 14. The lowest BCUT2D eigenvalue weighted by Crippen LogP contribution is -2.11. The van der Waals surface area contributed by atoms with E-state index in [0.29, 0.717) is 0 Å². The summed E-state index contributed by atoms with van der Waals surface area (Å²) >= 11 is 0. The van der Waals surface area contributed by atoms with E-state index in [2.05, 4.69) is 530 Å². The van der Waals surface area contributed by atoms with Gasteiger partial charge in [0.25, 0.3) is 0 Å². The summed E-state index contributed by atoms with van der Waals surface area (Å²) < 4.78 is 7.00. The van der Waals surface area contributed by atoms with E-state index >= 15 is 0 Å². The molecule has 5 heteroatoms. The minimum Gasteiger partial charge on any atom is -0.292 e. The molecule has 2 aromatic heterocycles. The van der Waals surface area contributed by atoms with Crippen molar-refractivity contribution in [3.63, 3.8) is 0 Å². The largest absolute Gasteiger partial charge is 0.292 e. The number of para-hydroxylation sites is 4. The quantitative estimate of drug-likeness (QED) is 0.0804. The molecule has 1 aliphatic rings. The van der Waals surface area contributed by atoms with Gasteiger partial charge in [0.2, 0.25) is 11.7 Å². The Kier molecular flexibility index (Phi) is 21.3. The van der Waals surface area contributed by atoms with Gasteiger partial charge >= 0.3 is 0 Å². The Morgan fingerprint density at radius 1 is 0.206 bits per heavy atom. The summed E-state index contributed by atoms with van der Waals surface area (Å²) in [5.74, 6) is 1.89. The van der Waals surface area contributed by atoms with E-state index in [-0.39, 0.29) is 6.04 Å². The fraction of sp³-hybridized carbons (Fsp3) is 0.0153. The molecule has 1 atom stereocenters. The normalized spacial score (nSPS) is 12.3. The standard InChI is InChI=1S/C46H32N.C45H30N2.C40H28N2/c1-4-14-32(15-5-1)33-24-26-35(27-25-33)44-40-22-12-13-23-41(40)45(34-16-6-2-7-17-34)43-30-38(28-29-42(43)44)47-31-37-20-10-11-21-39(37)46(47)36-18-8-3-9-19-36;1-4-14-31(15-5-1)35-26-29-39-40(30-35)44(38-21-11-10-20-37(38)43(39)32-16-6-2-7-17-32)33-24-27-36(28-25-33)47-42-23-13-12-22-41(42)46-45(47)34-18-8-3-9-19-34;1-27-20-25-34-35(26-27)39(33-17-9-8-16-32(33)38(34)28-12-4-2-5-13-28)29-21-23-31(24-22-29)42-37-19-11-10-18-36(37)41-40(42)30-14-6-3-7-15-30/h1-31,46H;1-30H;2-26H,1H3/q+1;;. The van der Waals surface area contributed by atoms with Gasteiger partial charge in [-0.1, -0.05) is 442 Å². The first-order valence-corrected chi connectivity index (χ1v) is 46.8. The number of nitrogens with zero attached hydrogens (tertiary/aromatic N) is 5. The second-order valence-corrected chi connectivity index (χ2v) is 35.2. The molecule has 1 unspecified atom stereocenters. The molecule has 638 valence electrons. The molecule has 0 radical (unpaired) electrons. The minimum absolute atomic E-state index is 0.107. The van der Waals surface area contributed by atoms with E-state index in [1.165, 1.54) is 182 Å². The number of benzene rings is 23. The second-order valence-electron chi connectivity index (χ2n) is 35.2. The Morgan fingerprint density at radius 2 is 0.485 bits per heavy atom. The molecule has 0 saturated heterocycles. The number of hydrogen-bond acceptors (Lipinski definition) is 2. The molecule has 0 saturated carbocycles. The monoisotopic (exact) mass is 1730 g/mol. The van der Waals surface area contributed by atoms with Crippen molar-refractivity contribution >= 4 is 98.6 Å². The zero-order chi connectivity index (χ0) is 90.4. The van der Waals surface area contributed by atoms with Gasteiger partial charge in [-0.05, 0) is 227 Å². The van der Waals surface area contributed by atoms with Gasteiger partial charge in [-0.2, -0.15) is 4.58 Å². The van der Waals surface area contributed by atoms with E-state index in [1.807, 2.05) is 12.1 Å². The van der Waals surface area contributed by atoms with Crippen molar-refractivity contribution in [3.05, 3.63) is 538 Å². The lowest BCUT2D eigenvalue weighted by Gasteiger charge is -2.19. The maximum absolute atomic E-state index is 5.06. The third-order valence-corrected chi connectivity index (χ3v) is 27.1. The van der Waals surface area contributed by atoms with Crippen molar-refractivity contribution in [3.8, 4) is 123 Å². The van der Waals surface area contributed by atoms with Crippen LogP contribution in [0.25, 0.3) is 210 Å². The lowest BCUT2D eigenvalue weighted by molar-refractivity contribution is -0.469. The van der Waals surface area contributed by atoms with E-state index in [4.69, 9.17) is 9.97 Å². The molecule has 1 aliphatic heterocycles. The average Bonchev–Trinajstić information content (AvgIpc) is 0.810. The summed E-state index contributed by atoms with van der Waals surface area (Å²) in [5.41, 5.74) is 34.7. The van der Waals surface area contributed by atoms with Gasteiger partial charge in [0.1, 0.15) is 11.6 Å². The van der Waals surface area contributed by atoms with Crippen LogP contribution in [0.5, 0.6) is 0 Å². The molecular formula is C131H90N5+. The van der Waals surface area contributed by atoms with Crippen molar-refractivity contribution in [2.45, 2.75) is 13.0 Å². The third-order valence-electron chi connectivity index (χ3n) is 27.1. The van der Waals surface area contributed by atoms with Gasteiger partial charge in [0, 0.05) is 51.3 Å². The summed E-state index contributed by atoms with van der Waals surface area (Å²) in [6.07, 6.45) is 2.32. The Morgan fingerprint density at radius 3 is 0.912 bits per heavy atom. The molecule has 26 rings (SSSR count). The smallest absolute Gasteiger partial charge is 0.210 e. The first kappa shape index (κ1) is 81.5. The van der Waals surface area contributed by atoms with Crippen LogP contribution in [-0.4, -0.2) is 29.9 Å². The van der Waals surface area contributed by atoms with Crippen molar-refractivity contribution in [2.75, 3.05) is 0 Å². The van der Waals surface area contributed by atoms with Crippen molar-refractivity contribution < 1.29 is 4.58 Å². The zero-order valence-corrected chi connectivity index (χ0v) is 75.0. The molecule has 5 nitrogen and oxygen atoms in total. The first-order valence-electron chi connectivity index (χ1n) is 46.8. The van der Waals surface area contributed by atoms with Crippen LogP contribution in [0.4, 0.5) is 5.69 Å². The van der Waals surface area contributed by atoms with Gasteiger partial charge in [-0.3, -0.25) is 9.13 Å². The molecule has 0 N–H and O–H groups in total.